The Morgan fingerprint density at radius 1 is 1.48 bits per heavy atom. The van der Waals surface area contributed by atoms with E-state index in [-0.39, 0.29) is 5.91 Å². The lowest BCUT2D eigenvalue weighted by atomic mass is 10.2. The third kappa shape index (κ3) is 4.43. The summed E-state index contributed by atoms with van der Waals surface area (Å²) in [6.07, 6.45) is 2.55. The first-order valence-electron chi connectivity index (χ1n) is 7.45. The summed E-state index contributed by atoms with van der Waals surface area (Å²) in [6.45, 7) is 1.24. The maximum absolute atomic E-state index is 11.9. The lowest BCUT2D eigenvalue weighted by molar-refractivity contribution is -0.115. The van der Waals surface area contributed by atoms with Crippen LogP contribution in [0.3, 0.4) is 0 Å². The van der Waals surface area contributed by atoms with E-state index < -0.39 is 0 Å². The summed E-state index contributed by atoms with van der Waals surface area (Å²) in [6, 6.07) is 5.50. The molecular formula is C16H18ClN3O2S. The van der Waals surface area contributed by atoms with E-state index in [0.29, 0.717) is 22.4 Å². The third-order valence-corrected chi connectivity index (χ3v) is 4.67. The molecule has 3 rings (SSSR count). The van der Waals surface area contributed by atoms with Crippen LogP contribution in [0.4, 0.5) is 5.13 Å². The van der Waals surface area contributed by atoms with Gasteiger partial charge in [-0.15, -0.1) is 11.3 Å². The van der Waals surface area contributed by atoms with Crippen LogP contribution in [0.1, 0.15) is 12.8 Å². The highest BCUT2D eigenvalue weighted by molar-refractivity contribution is 7.14. The molecule has 0 bridgehead atoms. The molecule has 1 saturated carbocycles. The van der Waals surface area contributed by atoms with E-state index in [1.807, 2.05) is 11.4 Å². The molecule has 0 unspecified atom stereocenters. The summed E-state index contributed by atoms with van der Waals surface area (Å²) in [5.74, 6) is 1.31. The van der Waals surface area contributed by atoms with Gasteiger partial charge in [-0.2, -0.15) is 0 Å². The Hall–Kier alpha value is -1.63. The Morgan fingerprint density at radius 2 is 2.30 bits per heavy atom. The number of amides is 1. The van der Waals surface area contributed by atoms with Crippen molar-refractivity contribution in [2.45, 2.75) is 12.8 Å². The minimum absolute atomic E-state index is 0.0701. The van der Waals surface area contributed by atoms with Crippen LogP contribution in [0.5, 0.6) is 5.75 Å². The Bertz CT molecular complexity index is 700. The molecule has 1 aliphatic rings. The molecule has 1 amide bonds. The Balaban J connectivity index is 1.58. The smallest absolute Gasteiger partial charge is 0.240 e. The molecule has 1 fully saturated rings. The van der Waals surface area contributed by atoms with E-state index in [1.54, 1.807) is 19.2 Å². The molecule has 1 aromatic carbocycles. The van der Waals surface area contributed by atoms with Gasteiger partial charge in [-0.25, -0.2) is 4.98 Å². The summed E-state index contributed by atoms with van der Waals surface area (Å²) in [7, 11) is 1.58. The van der Waals surface area contributed by atoms with Gasteiger partial charge in [-0.3, -0.25) is 4.79 Å². The lowest BCUT2D eigenvalue weighted by Gasteiger charge is -2.04. The molecule has 0 aliphatic heterocycles. The number of benzene rings is 1. The second-order valence-electron chi connectivity index (χ2n) is 5.51. The van der Waals surface area contributed by atoms with Crippen molar-refractivity contribution in [3.63, 3.8) is 0 Å². The molecule has 1 heterocycles. The summed E-state index contributed by atoms with van der Waals surface area (Å²) < 4.78 is 5.14. The molecule has 7 heteroatoms. The molecule has 0 radical (unpaired) electrons. The molecule has 0 saturated heterocycles. The number of ether oxygens (including phenoxy) is 1. The maximum Gasteiger partial charge on any atom is 0.240 e. The molecule has 0 atom stereocenters. The average molecular weight is 352 g/mol. The van der Waals surface area contributed by atoms with Crippen molar-refractivity contribution in [2.24, 2.45) is 5.92 Å². The SMILES string of the molecule is COc1ccc(-c2csc(NC(=O)CNCC3CC3)n2)cc1Cl. The number of rotatable bonds is 7. The Morgan fingerprint density at radius 3 is 3.00 bits per heavy atom. The predicted molar refractivity (Wildman–Crippen MR) is 93.3 cm³/mol. The molecule has 2 aromatic rings. The number of methoxy groups -OCH3 is 1. The molecule has 5 nitrogen and oxygen atoms in total. The van der Waals surface area contributed by atoms with Crippen LogP contribution in [0, 0.1) is 5.92 Å². The number of aromatic nitrogens is 1. The number of nitrogens with one attached hydrogen (secondary N) is 2. The maximum atomic E-state index is 11.9. The molecule has 2 N–H and O–H groups in total. The standard InChI is InChI=1S/C16H18ClN3O2S/c1-22-14-5-4-11(6-12(14)17)13-9-23-16(19-13)20-15(21)8-18-7-10-2-3-10/h4-6,9-10,18H,2-3,7-8H2,1H3,(H,19,20,21). The van der Waals surface area contributed by atoms with Crippen molar-refractivity contribution in [1.82, 2.24) is 10.3 Å². The van der Waals surface area contributed by atoms with Crippen LogP contribution < -0.4 is 15.4 Å². The number of carbonyl (C=O) groups excluding carboxylic acids is 1. The fraction of sp³-hybridized carbons (Fsp3) is 0.375. The number of halogens is 1. The fourth-order valence-corrected chi connectivity index (χ4v) is 3.16. The number of hydrogen-bond donors (Lipinski definition) is 2. The second kappa shape index (κ2) is 7.29. The van der Waals surface area contributed by atoms with Crippen molar-refractivity contribution in [2.75, 3.05) is 25.5 Å². The largest absolute Gasteiger partial charge is 0.495 e. The summed E-state index contributed by atoms with van der Waals surface area (Å²) in [4.78, 5) is 16.3. The zero-order chi connectivity index (χ0) is 16.2. The monoisotopic (exact) mass is 351 g/mol. The number of nitrogens with zero attached hydrogens (tertiary/aromatic N) is 1. The molecule has 1 aromatic heterocycles. The molecule has 23 heavy (non-hydrogen) atoms. The third-order valence-electron chi connectivity index (χ3n) is 3.61. The fourth-order valence-electron chi connectivity index (χ4n) is 2.16. The van der Waals surface area contributed by atoms with Crippen LogP contribution in [-0.2, 0) is 4.79 Å². The van der Waals surface area contributed by atoms with Gasteiger partial charge in [-0.05, 0) is 43.5 Å². The van der Waals surface area contributed by atoms with E-state index in [4.69, 9.17) is 16.3 Å². The van der Waals surface area contributed by atoms with E-state index in [9.17, 15) is 4.79 Å². The minimum Gasteiger partial charge on any atom is -0.495 e. The van der Waals surface area contributed by atoms with Crippen molar-refractivity contribution in [1.29, 1.82) is 0 Å². The van der Waals surface area contributed by atoms with Crippen LogP contribution in [0.25, 0.3) is 11.3 Å². The number of carbonyl (C=O) groups is 1. The van der Waals surface area contributed by atoms with Crippen LogP contribution >= 0.6 is 22.9 Å². The van der Waals surface area contributed by atoms with Gasteiger partial charge in [0.05, 0.1) is 24.4 Å². The van der Waals surface area contributed by atoms with E-state index >= 15 is 0 Å². The quantitative estimate of drug-likeness (QED) is 0.802. The van der Waals surface area contributed by atoms with Gasteiger partial charge in [-0.1, -0.05) is 11.6 Å². The zero-order valence-electron chi connectivity index (χ0n) is 12.8. The molecule has 0 spiro atoms. The van der Waals surface area contributed by atoms with Gasteiger partial charge in [0.2, 0.25) is 5.91 Å². The molecule has 1 aliphatic carbocycles. The Kier molecular flexibility index (Phi) is 5.15. The Labute approximate surface area is 144 Å². The van der Waals surface area contributed by atoms with E-state index in [0.717, 1.165) is 23.7 Å². The number of hydrogen-bond acceptors (Lipinski definition) is 5. The number of thiazole rings is 1. The first-order valence-corrected chi connectivity index (χ1v) is 8.71. The van der Waals surface area contributed by atoms with Crippen molar-refractivity contribution in [3.05, 3.63) is 28.6 Å². The normalized spacial score (nSPS) is 13.8. The van der Waals surface area contributed by atoms with Crippen molar-refractivity contribution >= 4 is 34.0 Å². The van der Waals surface area contributed by atoms with Crippen LogP contribution in [-0.4, -0.2) is 31.1 Å². The number of anilines is 1. The minimum atomic E-state index is -0.0701. The van der Waals surface area contributed by atoms with Gasteiger partial charge in [0.25, 0.3) is 0 Å². The van der Waals surface area contributed by atoms with Gasteiger partial charge in [0, 0.05) is 10.9 Å². The molecular weight excluding hydrogens is 334 g/mol. The average Bonchev–Trinajstić information content (AvgIpc) is 3.24. The van der Waals surface area contributed by atoms with Gasteiger partial charge >= 0.3 is 0 Å². The van der Waals surface area contributed by atoms with E-state index in [2.05, 4.69) is 15.6 Å². The summed E-state index contributed by atoms with van der Waals surface area (Å²) in [5.41, 5.74) is 1.67. The second-order valence-corrected chi connectivity index (χ2v) is 6.77. The first-order chi connectivity index (χ1) is 11.2. The first kappa shape index (κ1) is 16.2. The summed E-state index contributed by atoms with van der Waals surface area (Å²) >= 11 is 7.53. The van der Waals surface area contributed by atoms with Crippen molar-refractivity contribution in [3.8, 4) is 17.0 Å². The van der Waals surface area contributed by atoms with Gasteiger partial charge in [0.15, 0.2) is 5.13 Å². The highest BCUT2D eigenvalue weighted by atomic mass is 35.5. The molecule has 122 valence electrons. The lowest BCUT2D eigenvalue weighted by Crippen LogP contribution is -2.29. The van der Waals surface area contributed by atoms with Crippen molar-refractivity contribution < 1.29 is 9.53 Å². The highest BCUT2D eigenvalue weighted by Crippen LogP contribution is 2.31. The highest BCUT2D eigenvalue weighted by Gasteiger charge is 2.20. The van der Waals surface area contributed by atoms with Gasteiger partial charge in [0.1, 0.15) is 5.75 Å². The topological polar surface area (TPSA) is 63.2 Å². The van der Waals surface area contributed by atoms with Gasteiger partial charge < -0.3 is 15.4 Å². The summed E-state index contributed by atoms with van der Waals surface area (Å²) in [5, 5.41) is 8.99. The van der Waals surface area contributed by atoms with E-state index in [1.165, 1.54) is 24.2 Å². The predicted octanol–water partition coefficient (Wildman–Crippen LogP) is 3.41. The zero-order valence-corrected chi connectivity index (χ0v) is 14.3. The van der Waals surface area contributed by atoms with Crippen LogP contribution in [0.15, 0.2) is 23.6 Å². The van der Waals surface area contributed by atoms with Crippen LogP contribution in [0.2, 0.25) is 5.02 Å².